The van der Waals surface area contributed by atoms with Crippen LogP contribution in [0.5, 0.6) is 0 Å². The normalized spacial score (nSPS) is 11.1. The zero-order valence-corrected chi connectivity index (χ0v) is 8.64. The minimum Gasteiger partial charge on any atom is -0.439 e. The quantitative estimate of drug-likeness (QED) is 0.828. The first-order valence-electron chi connectivity index (χ1n) is 4.46. The zero-order valence-electron chi connectivity index (χ0n) is 7.88. The Morgan fingerprint density at radius 3 is 3.00 bits per heavy atom. The van der Waals surface area contributed by atoms with Crippen molar-refractivity contribution in [3.05, 3.63) is 28.6 Å². The molecule has 0 saturated heterocycles. The van der Waals surface area contributed by atoms with Crippen LogP contribution >= 0.6 is 11.6 Å². The summed E-state index contributed by atoms with van der Waals surface area (Å²) in [6, 6.07) is 3.84. The van der Waals surface area contributed by atoms with Crippen molar-refractivity contribution < 1.29 is 4.42 Å². The monoisotopic (exact) mass is 210 g/mol. The number of nitrogens with two attached hydrogens (primary N) is 1. The molecule has 0 aliphatic carbocycles. The van der Waals surface area contributed by atoms with E-state index < -0.39 is 0 Å². The van der Waals surface area contributed by atoms with Crippen LogP contribution in [0.1, 0.15) is 11.5 Å². The highest BCUT2D eigenvalue weighted by Gasteiger charge is 2.08. The van der Waals surface area contributed by atoms with Gasteiger partial charge in [0, 0.05) is 6.92 Å². The van der Waals surface area contributed by atoms with Crippen molar-refractivity contribution in [3.8, 4) is 0 Å². The summed E-state index contributed by atoms with van der Waals surface area (Å²) in [4.78, 5) is 4.22. The van der Waals surface area contributed by atoms with Crippen LogP contribution in [0, 0.1) is 6.92 Å². The van der Waals surface area contributed by atoms with Gasteiger partial charge in [-0.25, -0.2) is 4.98 Å². The molecule has 1 heterocycles. The van der Waals surface area contributed by atoms with Gasteiger partial charge >= 0.3 is 0 Å². The van der Waals surface area contributed by atoms with Crippen molar-refractivity contribution in [2.75, 3.05) is 6.54 Å². The van der Waals surface area contributed by atoms with Crippen molar-refractivity contribution >= 4 is 22.7 Å². The molecule has 0 atom stereocenters. The fourth-order valence-electron chi connectivity index (χ4n) is 1.47. The number of benzene rings is 1. The summed E-state index contributed by atoms with van der Waals surface area (Å²) in [6.07, 6.45) is 0.807. The Kier molecular flexibility index (Phi) is 2.44. The van der Waals surface area contributed by atoms with Crippen molar-refractivity contribution in [1.29, 1.82) is 0 Å². The molecule has 1 aromatic carbocycles. The van der Waals surface area contributed by atoms with E-state index in [1.165, 1.54) is 0 Å². The SMILES string of the molecule is Cc1nc2cc(CCN)cc(Cl)c2o1. The van der Waals surface area contributed by atoms with Crippen molar-refractivity contribution in [1.82, 2.24) is 4.98 Å². The Hall–Kier alpha value is -1.06. The van der Waals surface area contributed by atoms with E-state index >= 15 is 0 Å². The van der Waals surface area contributed by atoms with E-state index in [0.717, 1.165) is 17.5 Å². The first kappa shape index (κ1) is 9.49. The number of halogens is 1. The molecular weight excluding hydrogens is 200 g/mol. The molecule has 2 aromatic rings. The Labute approximate surface area is 86.9 Å². The minimum absolute atomic E-state index is 0.603. The maximum absolute atomic E-state index is 6.04. The van der Waals surface area contributed by atoms with Crippen LogP contribution in [0.3, 0.4) is 0 Å². The van der Waals surface area contributed by atoms with Gasteiger partial charge in [-0.2, -0.15) is 0 Å². The van der Waals surface area contributed by atoms with Gasteiger partial charge in [-0.15, -0.1) is 0 Å². The molecule has 0 radical (unpaired) electrons. The van der Waals surface area contributed by atoms with Crippen LogP contribution in [0.15, 0.2) is 16.5 Å². The fourth-order valence-corrected chi connectivity index (χ4v) is 1.74. The molecule has 4 heteroatoms. The topological polar surface area (TPSA) is 52.0 Å². The van der Waals surface area contributed by atoms with Gasteiger partial charge in [-0.05, 0) is 30.7 Å². The maximum Gasteiger partial charge on any atom is 0.192 e. The lowest BCUT2D eigenvalue weighted by molar-refractivity contribution is 0.561. The highest BCUT2D eigenvalue weighted by atomic mass is 35.5. The second-order valence-corrected chi connectivity index (χ2v) is 3.60. The molecule has 0 aliphatic rings. The van der Waals surface area contributed by atoms with Crippen LogP contribution in [0.4, 0.5) is 0 Å². The number of hydrogen-bond acceptors (Lipinski definition) is 3. The Morgan fingerprint density at radius 2 is 2.29 bits per heavy atom. The molecule has 2 N–H and O–H groups in total. The van der Waals surface area contributed by atoms with Gasteiger partial charge in [-0.3, -0.25) is 0 Å². The van der Waals surface area contributed by atoms with Crippen LogP contribution < -0.4 is 5.73 Å². The zero-order chi connectivity index (χ0) is 10.1. The molecule has 0 fully saturated rings. The number of aromatic nitrogens is 1. The third-order valence-electron chi connectivity index (χ3n) is 2.04. The number of hydrogen-bond donors (Lipinski definition) is 1. The second kappa shape index (κ2) is 3.59. The highest BCUT2D eigenvalue weighted by molar-refractivity contribution is 6.34. The molecule has 14 heavy (non-hydrogen) atoms. The number of oxazole rings is 1. The molecule has 1 aromatic heterocycles. The van der Waals surface area contributed by atoms with E-state index in [4.69, 9.17) is 21.8 Å². The lowest BCUT2D eigenvalue weighted by Crippen LogP contribution is -2.02. The molecule has 0 aliphatic heterocycles. The Balaban J connectivity index is 2.59. The van der Waals surface area contributed by atoms with E-state index in [0.29, 0.717) is 23.0 Å². The van der Waals surface area contributed by atoms with Crippen LogP contribution in [0.25, 0.3) is 11.1 Å². The third-order valence-corrected chi connectivity index (χ3v) is 2.33. The van der Waals surface area contributed by atoms with Gasteiger partial charge in [0.15, 0.2) is 11.5 Å². The molecule has 0 saturated carbocycles. The van der Waals surface area contributed by atoms with E-state index in [9.17, 15) is 0 Å². The number of nitrogens with zero attached hydrogens (tertiary/aromatic N) is 1. The standard InChI is InChI=1S/C10H11ClN2O/c1-6-13-9-5-7(2-3-12)4-8(11)10(9)14-6/h4-5H,2-3,12H2,1H3. The molecule has 0 amide bonds. The maximum atomic E-state index is 6.04. The van der Waals surface area contributed by atoms with E-state index in [1.54, 1.807) is 6.92 Å². The smallest absolute Gasteiger partial charge is 0.192 e. The van der Waals surface area contributed by atoms with Crippen molar-refractivity contribution in [2.24, 2.45) is 5.73 Å². The number of aryl methyl sites for hydroxylation is 1. The van der Waals surface area contributed by atoms with Crippen molar-refractivity contribution in [3.63, 3.8) is 0 Å². The summed E-state index contributed by atoms with van der Waals surface area (Å²) in [7, 11) is 0. The minimum atomic E-state index is 0.603. The summed E-state index contributed by atoms with van der Waals surface area (Å²) < 4.78 is 5.36. The Bertz CT molecular complexity index is 464. The molecule has 74 valence electrons. The molecule has 0 spiro atoms. The summed E-state index contributed by atoms with van der Waals surface area (Å²) in [6.45, 7) is 2.41. The van der Waals surface area contributed by atoms with Crippen LogP contribution in [-0.2, 0) is 6.42 Å². The summed E-state index contributed by atoms with van der Waals surface area (Å²) in [5.41, 5.74) is 8.03. The predicted octanol–water partition coefficient (Wildman–Crippen LogP) is 2.29. The summed E-state index contributed by atoms with van der Waals surface area (Å²) in [5, 5.41) is 0.603. The van der Waals surface area contributed by atoms with Gasteiger partial charge in [0.2, 0.25) is 0 Å². The largest absolute Gasteiger partial charge is 0.439 e. The Morgan fingerprint density at radius 1 is 1.50 bits per heavy atom. The van der Waals surface area contributed by atoms with Gasteiger partial charge in [-0.1, -0.05) is 11.6 Å². The van der Waals surface area contributed by atoms with Gasteiger partial charge < -0.3 is 10.2 Å². The summed E-state index contributed by atoms with van der Waals surface area (Å²) in [5.74, 6) is 0.631. The van der Waals surface area contributed by atoms with Gasteiger partial charge in [0.1, 0.15) is 5.52 Å². The average molecular weight is 211 g/mol. The van der Waals surface area contributed by atoms with E-state index in [2.05, 4.69) is 4.98 Å². The van der Waals surface area contributed by atoms with Crippen molar-refractivity contribution in [2.45, 2.75) is 13.3 Å². The first-order valence-corrected chi connectivity index (χ1v) is 4.84. The predicted molar refractivity (Wildman–Crippen MR) is 56.5 cm³/mol. The molecule has 0 unspecified atom stereocenters. The van der Waals surface area contributed by atoms with Gasteiger partial charge in [0.25, 0.3) is 0 Å². The second-order valence-electron chi connectivity index (χ2n) is 3.20. The molecule has 2 rings (SSSR count). The summed E-state index contributed by atoms with van der Waals surface area (Å²) >= 11 is 6.04. The fraction of sp³-hybridized carbons (Fsp3) is 0.300. The lowest BCUT2D eigenvalue weighted by atomic mass is 10.1. The lowest BCUT2D eigenvalue weighted by Gasteiger charge is -1.98. The van der Waals surface area contributed by atoms with Gasteiger partial charge in [0.05, 0.1) is 5.02 Å². The van der Waals surface area contributed by atoms with E-state index in [-0.39, 0.29) is 0 Å². The van der Waals surface area contributed by atoms with Crippen LogP contribution in [-0.4, -0.2) is 11.5 Å². The first-order chi connectivity index (χ1) is 6.70. The van der Waals surface area contributed by atoms with E-state index in [1.807, 2.05) is 12.1 Å². The molecule has 0 bridgehead atoms. The number of fused-ring (bicyclic) bond motifs is 1. The molecular formula is C10H11ClN2O. The highest BCUT2D eigenvalue weighted by Crippen LogP contribution is 2.26. The number of rotatable bonds is 2. The molecule has 3 nitrogen and oxygen atoms in total. The average Bonchev–Trinajstić information content (AvgIpc) is 2.47. The van der Waals surface area contributed by atoms with Crippen LogP contribution in [0.2, 0.25) is 5.02 Å². The third kappa shape index (κ3) is 1.61.